The fraction of sp³-hybridized carbons (Fsp3) is 0.238. The second-order valence-corrected chi connectivity index (χ2v) is 6.50. The van der Waals surface area contributed by atoms with Crippen LogP contribution in [0.3, 0.4) is 0 Å². The van der Waals surface area contributed by atoms with Crippen LogP contribution < -0.4 is 5.32 Å². The Morgan fingerprint density at radius 3 is 2.48 bits per heavy atom. The average Bonchev–Trinajstić information content (AvgIpc) is 2.96. The lowest BCUT2D eigenvalue weighted by atomic mass is 10.2. The summed E-state index contributed by atoms with van der Waals surface area (Å²) in [6, 6.07) is 16.1. The Morgan fingerprint density at radius 1 is 1.11 bits per heavy atom. The van der Waals surface area contributed by atoms with E-state index in [1.807, 2.05) is 48.9 Å². The summed E-state index contributed by atoms with van der Waals surface area (Å²) >= 11 is 0. The average molecular weight is 366 g/mol. The summed E-state index contributed by atoms with van der Waals surface area (Å²) in [6.45, 7) is 4.49. The zero-order chi connectivity index (χ0) is 19.4. The third-order valence-corrected chi connectivity index (χ3v) is 4.57. The van der Waals surface area contributed by atoms with Crippen molar-refractivity contribution in [1.82, 2.24) is 20.0 Å². The zero-order valence-electron chi connectivity index (χ0n) is 15.7. The van der Waals surface area contributed by atoms with Gasteiger partial charge >= 0.3 is 6.03 Å². The minimum Gasteiger partial charge on any atom is -0.334 e. The van der Waals surface area contributed by atoms with Gasteiger partial charge in [-0.1, -0.05) is 36.4 Å². The molecule has 0 fully saturated rings. The summed E-state index contributed by atoms with van der Waals surface area (Å²) in [5.74, 6) is -0.312. The van der Waals surface area contributed by atoms with Gasteiger partial charge < -0.3 is 10.2 Å². The third-order valence-electron chi connectivity index (χ3n) is 4.57. The number of benzene rings is 2. The summed E-state index contributed by atoms with van der Waals surface area (Å²) in [5.41, 5.74) is 4.29. The molecule has 27 heavy (non-hydrogen) atoms. The Morgan fingerprint density at radius 2 is 1.78 bits per heavy atom. The van der Waals surface area contributed by atoms with Crippen molar-refractivity contribution in [1.29, 1.82) is 0 Å². The predicted molar refractivity (Wildman–Crippen MR) is 103 cm³/mol. The smallest absolute Gasteiger partial charge is 0.317 e. The third kappa shape index (κ3) is 4.16. The Kier molecular flexibility index (Phi) is 5.54. The van der Waals surface area contributed by atoms with Crippen LogP contribution in [0, 0.1) is 19.7 Å². The number of carbonyl (C=O) groups excluding carboxylic acids is 1. The fourth-order valence-electron chi connectivity index (χ4n) is 3.00. The van der Waals surface area contributed by atoms with Gasteiger partial charge in [-0.3, -0.25) is 0 Å². The molecular weight excluding hydrogens is 343 g/mol. The van der Waals surface area contributed by atoms with Crippen LogP contribution in [-0.2, 0) is 13.1 Å². The van der Waals surface area contributed by atoms with Gasteiger partial charge in [0.05, 0.1) is 11.4 Å². The number of urea groups is 1. The molecule has 0 radical (unpaired) electrons. The van der Waals surface area contributed by atoms with Crippen LogP contribution in [0.4, 0.5) is 9.18 Å². The van der Waals surface area contributed by atoms with E-state index < -0.39 is 0 Å². The van der Waals surface area contributed by atoms with Crippen molar-refractivity contribution in [2.24, 2.45) is 0 Å². The van der Waals surface area contributed by atoms with Gasteiger partial charge in [-0.05, 0) is 32.0 Å². The molecule has 2 amide bonds. The zero-order valence-corrected chi connectivity index (χ0v) is 15.7. The Balaban J connectivity index is 1.67. The van der Waals surface area contributed by atoms with Crippen LogP contribution in [-0.4, -0.2) is 27.8 Å². The first-order valence-corrected chi connectivity index (χ1v) is 8.80. The SMILES string of the molecule is Cc1nn(-c2ccccc2)c(C)c1CNC(=O)N(C)Cc1ccccc1F. The maximum absolute atomic E-state index is 13.8. The highest BCUT2D eigenvalue weighted by Gasteiger charge is 2.16. The quantitative estimate of drug-likeness (QED) is 0.743. The van der Waals surface area contributed by atoms with Crippen LogP contribution >= 0.6 is 0 Å². The number of hydrogen-bond acceptors (Lipinski definition) is 2. The molecule has 6 heteroatoms. The minimum absolute atomic E-state index is 0.208. The van der Waals surface area contributed by atoms with Gasteiger partial charge in [-0.15, -0.1) is 0 Å². The van der Waals surface area contributed by atoms with Gasteiger partial charge in [0, 0.05) is 37.0 Å². The molecule has 140 valence electrons. The van der Waals surface area contributed by atoms with Gasteiger partial charge in [-0.25, -0.2) is 13.9 Å². The molecule has 0 spiro atoms. The molecule has 1 N–H and O–H groups in total. The molecule has 5 nitrogen and oxygen atoms in total. The van der Waals surface area contributed by atoms with Gasteiger partial charge in [0.1, 0.15) is 5.82 Å². The summed E-state index contributed by atoms with van der Waals surface area (Å²) in [5, 5.41) is 7.48. The highest BCUT2D eigenvalue weighted by molar-refractivity contribution is 5.73. The molecule has 3 aromatic rings. The minimum atomic E-state index is -0.312. The van der Waals surface area contributed by atoms with Crippen LogP contribution in [0.15, 0.2) is 54.6 Å². The van der Waals surface area contributed by atoms with Gasteiger partial charge in [0.25, 0.3) is 0 Å². The van der Waals surface area contributed by atoms with Gasteiger partial charge in [0.2, 0.25) is 0 Å². The molecule has 0 saturated heterocycles. The standard InChI is InChI=1S/C21H23FN4O/c1-15-19(16(2)26(24-15)18-10-5-4-6-11-18)13-23-21(27)25(3)14-17-9-7-8-12-20(17)22/h4-12H,13-14H2,1-3H3,(H,23,27). The lowest BCUT2D eigenvalue weighted by Crippen LogP contribution is -2.36. The highest BCUT2D eigenvalue weighted by atomic mass is 19.1. The number of aromatic nitrogens is 2. The molecule has 0 aliphatic heterocycles. The second-order valence-electron chi connectivity index (χ2n) is 6.50. The Hall–Kier alpha value is -3.15. The number of aryl methyl sites for hydroxylation is 1. The second kappa shape index (κ2) is 8.03. The van der Waals surface area contributed by atoms with Crippen molar-refractivity contribution in [3.63, 3.8) is 0 Å². The number of rotatable bonds is 5. The fourth-order valence-corrected chi connectivity index (χ4v) is 3.00. The number of para-hydroxylation sites is 1. The molecule has 0 saturated carbocycles. The molecule has 0 aliphatic rings. The first-order valence-electron chi connectivity index (χ1n) is 8.80. The predicted octanol–water partition coefficient (Wildman–Crippen LogP) is 3.97. The van der Waals surface area contributed by atoms with Gasteiger partial charge in [-0.2, -0.15) is 5.10 Å². The van der Waals surface area contributed by atoms with Crippen molar-refractivity contribution in [3.8, 4) is 5.69 Å². The number of nitrogens with one attached hydrogen (secondary N) is 1. The number of nitrogens with zero attached hydrogens (tertiary/aromatic N) is 3. The molecule has 2 aromatic carbocycles. The molecule has 1 aromatic heterocycles. The normalized spacial score (nSPS) is 10.7. The lowest BCUT2D eigenvalue weighted by Gasteiger charge is -2.18. The maximum Gasteiger partial charge on any atom is 0.317 e. The van der Waals surface area contributed by atoms with E-state index in [2.05, 4.69) is 10.4 Å². The van der Waals surface area contributed by atoms with Crippen molar-refractivity contribution < 1.29 is 9.18 Å². The highest BCUT2D eigenvalue weighted by Crippen LogP contribution is 2.18. The molecule has 0 unspecified atom stereocenters. The molecule has 0 aliphatic carbocycles. The van der Waals surface area contributed by atoms with Crippen LogP contribution in [0.1, 0.15) is 22.5 Å². The van der Waals surface area contributed by atoms with E-state index in [4.69, 9.17) is 0 Å². The van der Waals surface area contributed by atoms with Crippen molar-refractivity contribution in [3.05, 3.63) is 82.9 Å². The van der Waals surface area contributed by atoms with E-state index in [0.29, 0.717) is 12.1 Å². The van der Waals surface area contributed by atoms with E-state index in [0.717, 1.165) is 22.6 Å². The molecule has 0 atom stereocenters. The summed E-state index contributed by atoms with van der Waals surface area (Å²) in [4.78, 5) is 13.9. The summed E-state index contributed by atoms with van der Waals surface area (Å²) in [7, 11) is 1.65. The molecule has 3 rings (SSSR count). The van der Waals surface area contributed by atoms with Crippen LogP contribution in [0.25, 0.3) is 5.69 Å². The Labute approximate surface area is 158 Å². The van der Waals surface area contributed by atoms with Crippen molar-refractivity contribution in [2.75, 3.05) is 7.05 Å². The van der Waals surface area contributed by atoms with Crippen LogP contribution in [0.2, 0.25) is 0 Å². The largest absolute Gasteiger partial charge is 0.334 e. The molecule has 0 bridgehead atoms. The maximum atomic E-state index is 13.8. The van der Waals surface area contributed by atoms with Gasteiger partial charge in [0.15, 0.2) is 0 Å². The number of hydrogen-bond donors (Lipinski definition) is 1. The first kappa shape index (κ1) is 18.6. The molecular formula is C21H23FN4O. The van der Waals surface area contributed by atoms with E-state index in [1.54, 1.807) is 25.2 Å². The van der Waals surface area contributed by atoms with E-state index in [1.165, 1.54) is 11.0 Å². The van der Waals surface area contributed by atoms with E-state index in [-0.39, 0.29) is 18.4 Å². The van der Waals surface area contributed by atoms with Crippen molar-refractivity contribution >= 4 is 6.03 Å². The summed E-state index contributed by atoms with van der Waals surface area (Å²) < 4.78 is 15.6. The monoisotopic (exact) mass is 366 g/mol. The van der Waals surface area contributed by atoms with Crippen LogP contribution in [0.5, 0.6) is 0 Å². The van der Waals surface area contributed by atoms with E-state index >= 15 is 0 Å². The molecule has 1 heterocycles. The number of amides is 2. The lowest BCUT2D eigenvalue weighted by molar-refractivity contribution is 0.206. The summed E-state index contributed by atoms with van der Waals surface area (Å²) in [6.07, 6.45) is 0. The van der Waals surface area contributed by atoms with Crippen molar-refractivity contribution in [2.45, 2.75) is 26.9 Å². The van der Waals surface area contributed by atoms with E-state index in [9.17, 15) is 9.18 Å². The topological polar surface area (TPSA) is 50.2 Å². The number of halogens is 1. The number of carbonyl (C=O) groups is 1. The Bertz CT molecular complexity index is 937. The first-order chi connectivity index (χ1) is 13.0.